The van der Waals surface area contributed by atoms with E-state index < -0.39 is 16.3 Å². The second kappa shape index (κ2) is 6.09. The largest absolute Gasteiger partial charge is 0.314 e. The Balaban J connectivity index is 0.000000202. The van der Waals surface area contributed by atoms with Crippen molar-refractivity contribution in [2.45, 2.75) is 24.4 Å². The van der Waals surface area contributed by atoms with Crippen LogP contribution in [-0.4, -0.2) is 32.2 Å². The molecule has 0 bridgehead atoms. The van der Waals surface area contributed by atoms with Gasteiger partial charge in [-0.3, -0.25) is 4.55 Å². The second-order valence-corrected chi connectivity index (χ2v) is 5.30. The van der Waals surface area contributed by atoms with Crippen LogP contribution in [0.5, 0.6) is 0 Å². The minimum atomic E-state index is -4.02. The first-order chi connectivity index (χ1) is 7.89. The first-order valence-corrected chi connectivity index (χ1v) is 6.72. The minimum Gasteiger partial charge on any atom is -0.314 e. The fraction of sp³-hybridized carbons (Fsp3) is 0.455. The molecular weight excluding hydrogens is 245 g/mol. The third kappa shape index (κ3) is 5.25. The lowest BCUT2D eigenvalue weighted by atomic mass is 10.2. The van der Waals surface area contributed by atoms with E-state index in [0.29, 0.717) is 13.0 Å². The summed E-state index contributed by atoms with van der Waals surface area (Å²) in [7, 11) is -4.02. The molecule has 1 aromatic rings. The van der Waals surface area contributed by atoms with E-state index in [-0.39, 0.29) is 4.90 Å². The quantitative estimate of drug-likeness (QED) is 0.753. The van der Waals surface area contributed by atoms with Crippen molar-refractivity contribution in [3.8, 4) is 0 Å². The molecule has 6 heteroatoms. The maximum Gasteiger partial charge on any atom is 0.294 e. The van der Waals surface area contributed by atoms with Gasteiger partial charge in [0.15, 0.2) is 0 Å². The molecule has 4 nitrogen and oxygen atoms in total. The lowest BCUT2D eigenvalue weighted by molar-refractivity contribution is 0.361. The molecule has 17 heavy (non-hydrogen) atoms. The molecule has 0 amide bonds. The van der Waals surface area contributed by atoms with Gasteiger partial charge in [0.1, 0.15) is 6.17 Å². The smallest absolute Gasteiger partial charge is 0.294 e. The highest BCUT2D eigenvalue weighted by molar-refractivity contribution is 7.85. The van der Waals surface area contributed by atoms with E-state index in [0.717, 1.165) is 12.1 Å². The number of hydrogen-bond donors (Lipinski definition) is 2. The van der Waals surface area contributed by atoms with E-state index in [9.17, 15) is 12.8 Å². The molecule has 1 aliphatic rings. The summed E-state index contributed by atoms with van der Waals surface area (Å²) in [5.74, 6) is 0. The van der Waals surface area contributed by atoms with Gasteiger partial charge in [-0.15, -0.1) is 0 Å². The Labute approximate surface area is 101 Å². The normalized spacial score (nSPS) is 19.6. The highest BCUT2D eigenvalue weighted by Crippen LogP contribution is 2.08. The monoisotopic (exact) mass is 261 g/mol. The van der Waals surface area contributed by atoms with Gasteiger partial charge in [-0.05, 0) is 32.0 Å². The molecule has 1 fully saturated rings. The Morgan fingerprint density at radius 3 is 2.24 bits per heavy atom. The number of hydrogen-bond acceptors (Lipinski definition) is 3. The summed E-state index contributed by atoms with van der Waals surface area (Å²) in [6.07, 6.45) is 0.144. The predicted octanol–water partition coefficient (Wildman–Crippen LogP) is 1.56. The van der Waals surface area contributed by atoms with Crippen molar-refractivity contribution in [3.63, 3.8) is 0 Å². The van der Waals surface area contributed by atoms with Crippen LogP contribution in [0.2, 0.25) is 0 Å². The topological polar surface area (TPSA) is 66.4 Å². The Morgan fingerprint density at radius 1 is 1.35 bits per heavy atom. The van der Waals surface area contributed by atoms with Gasteiger partial charge in [-0.25, -0.2) is 4.39 Å². The molecular formula is C11H16FNO3S. The summed E-state index contributed by atoms with van der Waals surface area (Å²) < 4.78 is 41.4. The maximum atomic E-state index is 11.9. The Bertz CT molecular complexity index is 438. The lowest BCUT2D eigenvalue weighted by Crippen LogP contribution is -2.08. The van der Waals surface area contributed by atoms with Crippen molar-refractivity contribution >= 4 is 10.1 Å². The Hall–Kier alpha value is -0.980. The zero-order valence-electron chi connectivity index (χ0n) is 9.56. The third-order valence-electron chi connectivity index (χ3n) is 2.32. The fourth-order valence-electron chi connectivity index (χ4n) is 1.33. The molecule has 0 aromatic heterocycles. The van der Waals surface area contributed by atoms with E-state index in [4.69, 9.17) is 4.55 Å². The van der Waals surface area contributed by atoms with E-state index in [1.54, 1.807) is 12.1 Å². The molecule has 0 saturated carbocycles. The highest BCUT2D eigenvalue weighted by Gasteiger charge is 2.10. The summed E-state index contributed by atoms with van der Waals surface area (Å²) in [5.41, 5.74) is 0.956. The van der Waals surface area contributed by atoms with E-state index >= 15 is 0 Å². The zero-order valence-corrected chi connectivity index (χ0v) is 10.4. The van der Waals surface area contributed by atoms with Gasteiger partial charge in [0.25, 0.3) is 10.1 Å². The number of halogens is 1. The van der Waals surface area contributed by atoms with Crippen molar-refractivity contribution < 1.29 is 17.4 Å². The SMILES string of the molecule is Cc1ccc(S(=O)(=O)O)cc1.F[C@H]1CCNC1. The molecule has 2 N–H and O–H groups in total. The molecule has 1 heterocycles. The number of nitrogens with one attached hydrogen (secondary N) is 1. The average Bonchev–Trinajstić information content (AvgIpc) is 2.69. The average molecular weight is 261 g/mol. The van der Waals surface area contributed by atoms with Gasteiger partial charge >= 0.3 is 0 Å². The predicted molar refractivity (Wildman–Crippen MR) is 63.4 cm³/mol. The van der Waals surface area contributed by atoms with Crippen LogP contribution in [0.15, 0.2) is 29.2 Å². The van der Waals surface area contributed by atoms with Gasteiger partial charge in [0, 0.05) is 6.54 Å². The number of rotatable bonds is 1. The van der Waals surface area contributed by atoms with E-state index in [1.165, 1.54) is 12.1 Å². The van der Waals surface area contributed by atoms with Crippen LogP contribution in [0, 0.1) is 6.92 Å². The van der Waals surface area contributed by atoms with Crippen LogP contribution >= 0.6 is 0 Å². The number of benzene rings is 1. The van der Waals surface area contributed by atoms with Crippen LogP contribution < -0.4 is 5.32 Å². The standard InChI is InChI=1S/C7H8O3S.C4H8FN/c1-6-2-4-7(5-3-6)11(8,9)10;5-4-1-2-6-3-4/h2-5H,1H3,(H,8,9,10);4,6H,1-3H2/t;4-/m.0/s1. The van der Waals surface area contributed by atoms with Crippen molar-refractivity contribution in [2.24, 2.45) is 0 Å². The van der Waals surface area contributed by atoms with Crippen molar-refractivity contribution in [1.29, 1.82) is 0 Å². The van der Waals surface area contributed by atoms with Gasteiger partial charge in [0.05, 0.1) is 4.90 Å². The molecule has 0 radical (unpaired) electrons. The minimum absolute atomic E-state index is 0.0666. The summed E-state index contributed by atoms with van der Waals surface area (Å²) >= 11 is 0. The fourth-order valence-corrected chi connectivity index (χ4v) is 1.81. The summed E-state index contributed by atoms with van der Waals surface area (Å²) in [6, 6.07) is 5.99. The first kappa shape index (κ1) is 14.1. The second-order valence-electron chi connectivity index (χ2n) is 3.88. The molecule has 1 atom stereocenters. The highest BCUT2D eigenvalue weighted by atomic mass is 32.2. The van der Waals surface area contributed by atoms with E-state index in [2.05, 4.69) is 5.32 Å². The summed E-state index contributed by atoms with van der Waals surface area (Å²) in [5, 5.41) is 2.90. The Morgan fingerprint density at radius 2 is 1.94 bits per heavy atom. The van der Waals surface area contributed by atoms with Crippen LogP contribution in [0.4, 0.5) is 4.39 Å². The van der Waals surface area contributed by atoms with Gasteiger partial charge in [-0.1, -0.05) is 17.7 Å². The zero-order chi connectivity index (χ0) is 12.9. The molecule has 1 aromatic carbocycles. The number of aryl methyl sites for hydroxylation is 1. The van der Waals surface area contributed by atoms with Crippen molar-refractivity contribution in [2.75, 3.05) is 13.1 Å². The third-order valence-corrected chi connectivity index (χ3v) is 3.19. The van der Waals surface area contributed by atoms with Crippen LogP contribution in [0.25, 0.3) is 0 Å². The van der Waals surface area contributed by atoms with Gasteiger partial charge < -0.3 is 5.32 Å². The van der Waals surface area contributed by atoms with E-state index in [1.807, 2.05) is 6.92 Å². The number of alkyl halides is 1. The Kier molecular flexibility index (Phi) is 5.04. The summed E-state index contributed by atoms with van der Waals surface area (Å²) in [6.45, 7) is 3.27. The molecule has 0 spiro atoms. The molecule has 96 valence electrons. The van der Waals surface area contributed by atoms with Gasteiger partial charge in [0.2, 0.25) is 0 Å². The summed E-state index contributed by atoms with van der Waals surface area (Å²) in [4.78, 5) is -0.0666. The lowest BCUT2D eigenvalue weighted by Gasteiger charge is -1.95. The molecule has 2 rings (SSSR count). The van der Waals surface area contributed by atoms with Crippen LogP contribution in [0.3, 0.4) is 0 Å². The van der Waals surface area contributed by atoms with Crippen LogP contribution in [-0.2, 0) is 10.1 Å². The molecule has 0 aliphatic carbocycles. The van der Waals surface area contributed by atoms with Gasteiger partial charge in [-0.2, -0.15) is 8.42 Å². The van der Waals surface area contributed by atoms with Crippen molar-refractivity contribution in [3.05, 3.63) is 29.8 Å². The molecule has 1 aliphatic heterocycles. The van der Waals surface area contributed by atoms with Crippen LogP contribution in [0.1, 0.15) is 12.0 Å². The van der Waals surface area contributed by atoms with Crippen molar-refractivity contribution in [1.82, 2.24) is 5.32 Å². The maximum absolute atomic E-state index is 11.9. The first-order valence-electron chi connectivity index (χ1n) is 5.28. The molecule has 0 unspecified atom stereocenters. The molecule has 1 saturated heterocycles.